The molecular formula is C36H67O10P. The Balaban J connectivity index is 4.50. The van der Waals surface area contributed by atoms with Crippen LogP contribution >= 0.6 is 7.82 Å². The molecule has 0 aliphatic heterocycles. The zero-order valence-corrected chi connectivity index (χ0v) is 30.4. The molecule has 0 saturated heterocycles. The van der Waals surface area contributed by atoms with Crippen molar-refractivity contribution in [3.63, 3.8) is 0 Å². The van der Waals surface area contributed by atoms with Crippen LogP contribution in [-0.4, -0.2) is 65.7 Å². The fraction of sp³-hybridized carbons (Fsp3) is 0.833. The van der Waals surface area contributed by atoms with Crippen LogP contribution in [0.1, 0.15) is 155 Å². The third-order valence-electron chi connectivity index (χ3n) is 7.72. The standard InChI is InChI=1S/C36H67O10P/c1-3-5-7-9-11-13-14-15-16-17-18-20-22-24-26-28-36(40)46-34(32-45-47(41,42)44-30-33(38)29-37)31-43-35(39)27-25-23-21-19-12-10-8-6-4-2/h22,24,26,28,33-34,37-38H,3-21,23,25,27,29-32H2,1-2H3,(H,41,42)/b24-22+,28-26+/t33-,34+/m0/s1. The molecule has 0 amide bonds. The Morgan fingerprint density at radius 3 is 1.70 bits per heavy atom. The van der Waals surface area contributed by atoms with E-state index in [1.165, 1.54) is 102 Å². The van der Waals surface area contributed by atoms with Crippen LogP contribution in [0.4, 0.5) is 0 Å². The summed E-state index contributed by atoms with van der Waals surface area (Å²) in [5.41, 5.74) is 0. The lowest BCUT2D eigenvalue weighted by molar-refractivity contribution is -0.157. The number of ether oxygens (including phenoxy) is 2. The number of unbranched alkanes of at least 4 members (excludes halogenated alkanes) is 19. The van der Waals surface area contributed by atoms with Crippen LogP contribution in [0, 0.1) is 0 Å². The molecule has 0 aliphatic carbocycles. The Hall–Kier alpha value is -1.55. The number of esters is 2. The average molecular weight is 691 g/mol. The number of rotatable bonds is 34. The van der Waals surface area contributed by atoms with E-state index in [2.05, 4.69) is 18.4 Å². The lowest BCUT2D eigenvalue weighted by atomic mass is 10.1. The highest BCUT2D eigenvalue weighted by Gasteiger charge is 2.26. The van der Waals surface area contributed by atoms with Crippen molar-refractivity contribution in [1.82, 2.24) is 0 Å². The second-order valence-electron chi connectivity index (χ2n) is 12.3. The van der Waals surface area contributed by atoms with Crippen molar-refractivity contribution in [1.29, 1.82) is 0 Å². The van der Waals surface area contributed by atoms with Gasteiger partial charge >= 0.3 is 19.8 Å². The third-order valence-corrected chi connectivity index (χ3v) is 8.67. The molecule has 0 rings (SSSR count). The number of carbonyl (C=O) groups excluding carboxylic acids is 2. The van der Waals surface area contributed by atoms with E-state index in [-0.39, 0.29) is 13.0 Å². The minimum Gasteiger partial charge on any atom is -0.462 e. The van der Waals surface area contributed by atoms with Gasteiger partial charge in [-0.2, -0.15) is 0 Å². The molecule has 0 saturated carbocycles. The van der Waals surface area contributed by atoms with Crippen molar-refractivity contribution in [2.45, 2.75) is 167 Å². The Morgan fingerprint density at radius 2 is 1.17 bits per heavy atom. The molecule has 0 heterocycles. The van der Waals surface area contributed by atoms with E-state index in [1.807, 2.05) is 6.08 Å². The lowest BCUT2D eigenvalue weighted by Gasteiger charge is -2.19. The molecule has 0 aromatic heterocycles. The summed E-state index contributed by atoms with van der Waals surface area (Å²) >= 11 is 0. The molecule has 3 atom stereocenters. The summed E-state index contributed by atoms with van der Waals surface area (Å²) in [5, 5.41) is 18.2. The van der Waals surface area contributed by atoms with Crippen molar-refractivity contribution in [2.24, 2.45) is 0 Å². The third kappa shape index (κ3) is 32.8. The number of phosphoric acid groups is 1. The largest absolute Gasteiger partial charge is 0.472 e. The summed E-state index contributed by atoms with van der Waals surface area (Å²) in [7, 11) is -4.63. The number of carbonyl (C=O) groups is 2. The van der Waals surface area contributed by atoms with Crippen molar-refractivity contribution in [3.05, 3.63) is 24.3 Å². The maximum Gasteiger partial charge on any atom is 0.472 e. The van der Waals surface area contributed by atoms with Gasteiger partial charge in [0.1, 0.15) is 12.7 Å². The first-order valence-corrected chi connectivity index (χ1v) is 19.8. The van der Waals surface area contributed by atoms with Crippen LogP contribution in [0.25, 0.3) is 0 Å². The fourth-order valence-corrected chi connectivity index (χ4v) is 5.63. The molecule has 0 aromatic rings. The first-order valence-electron chi connectivity index (χ1n) is 18.3. The number of hydrogen-bond donors (Lipinski definition) is 3. The smallest absolute Gasteiger partial charge is 0.462 e. The maximum absolute atomic E-state index is 12.4. The molecule has 276 valence electrons. The van der Waals surface area contributed by atoms with Crippen molar-refractivity contribution < 1.29 is 47.8 Å². The molecule has 0 aliphatic rings. The Kier molecular flexibility index (Phi) is 31.9. The van der Waals surface area contributed by atoms with E-state index in [1.54, 1.807) is 12.2 Å². The summed E-state index contributed by atoms with van der Waals surface area (Å²) in [4.78, 5) is 34.5. The maximum atomic E-state index is 12.4. The zero-order valence-electron chi connectivity index (χ0n) is 29.5. The second kappa shape index (κ2) is 33.0. The molecule has 3 N–H and O–H groups in total. The molecule has 1 unspecified atom stereocenters. The van der Waals surface area contributed by atoms with E-state index < -0.39 is 51.8 Å². The molecule has 0 fully saturated rings. The van der Waals surface area contributed by atoms with E-state index in [0.29, 0.717) is 6.42 Å². The SMILES string of the molecule is CCCCCCCCCCCCC/C=C/C=C/C(=O)O[C@H](COC(=O)CCCCCCCCCCC)COP(=O)(O)OC[C@@H](O)CO. The van der Waals surface area contributed by atoms with E-state index in [4.69, 9.17) is 19.1 Å². The molecule has 0 radical (unpaired) electrons. The molecule has 0 bridgehead atoms. The Morgan fingerprint density at radius 1 is 0.681 bits per heavy atom. The topological polar surface area (TPSA) is 149 Å². The van der Waals surface area contributed by atoms with Crippen LogP contribution in [0.5, 0.6) is 0 Å². The first kappa shape index (κ1) is 45.5. The van der Waals surface area contributed by atoms with E-state index in [0.717, 1.165) is 32.1 Å². The highest BCUT2D eigenvalue weighted by Crippen LogP contribution is 2.43. The van der Waals surface area contributed by atoms with Crippen LogP contribution in [0.15, 0.2) is 24.3 Å². The van der Waals surface area contributed by atoms with Gasteiger partial charge in [0.25, 0.3) is 0 Å². The number of aliphatic hydroxyl groups excluding tert-OH is 2. The van der Waals surface area contributed by atoms with Gasteiger partial charge in [-0.05, 0) is 19.3 Å². The fourth-order valence-electron chi connectivity index (χ4n) is 4.84. The number of allylic oxidation sites excluding steroid dienone is 3. The van der Waals surface area contributed by atoms with Gasteiger partial charge in [-0.25, -0.2) is 9.36 Å². The predicted molar refractivity (Wildman–Crippen MR) is 187 cm³/mol. The highest BCUT2D eigenvalue weighted by atomic mass is 31.2. The number of hydrogen-bond acceptors (Lipinski definition) is 9. The van der Waals surface area contributed by atoms with Crippen LogP contribution in [0.2, 0.25) is 0 Å². The van der Waals surface area contributed by atoms with Gasteiger partial charge < -0.3 is 24.6 Å². The summed E-state index contributed by atoms with van der Waals surface area (Å²) in [5.74, 6) is -1.18. The van der Waals surface area contributed by atoms with Crippen molar-refractivity contribution in [3.8, 4) is 0 Å². The van der Waals surface area contributed by atoms with Gasteiger partial charge in [-0.1, -0.05) is 148 Å². The summed E-state index contributed by atoms with van der Waals surface area (Å²) in [6.45, 7) is 2.21. The van der Waals surface area contributed by atoms with Gasteiger partial charge in [0, 0.05) is 12.5 Å². The molecule has 10 nitrogen and oxygen atoms in total. The average Bonchev–Trinajstić information content (AvgIpc) is 3.05. The van der Waals surface area contributed by atoms with Gasteiger partial charge in [0.15, 0.2) is 6.10 Å². The molecule has 0 spiro atoms. The number of aliphatic hydroxyl groups is 2. The number of phosphoric ester groups is 1. The van der Waals surface area contributed by atoms with E-state index >= 15 is 0 Å². The summed E-state index contributed by atoms with van der Waals surface area (Å²) in [6.07, 6.45) is 29.4. The normalized spacial score (nSPS) is 14.4. The Labute approximate surface area is 285 Å². The van der Waals surface area contributed by atoms with Gasteiger partial charge in [0.05, 0.1) is 19.8 Å². The van der Waals surface area contributed by atoms with Crippen LogP contribution < -0.4 is 0 Å². The second-order valence-corrected chi connectivity index (χ2v) is 13.8. The quantitative estimate of drug-likeness (QED) is 0.0197. The lowest BCUT2D eigenvalue weighted by Crippen LogP contribution is -2.29. The minimum atomic E-state index is -4.63. The van der Waals surface area contributed by atoms with Gasteiger partial charge in [-0.15, -0.1) is 0 Å². The first-order chi connectivity index (χ1) is 22.7. The molecule has 0 aromatic carbocycles. The van der Waals surface area contributed by atoms with Crippen LogP contribution in [0.3, 0.4) is 0 Å². The van der Waals surface area contributed by atoms with Gasteiger partial charge in [-0.3, -0.25) is 13.8 Å². The van der Waals surface area contributed by atoms with E-state index in [9.17, 15) is 24.2 Å². The Bertz CT molecular complexity index is 848. The highest BCUT2D eigenvalue weighted by molar-refractivity contribution is 7.47. The van der Waals surface area contributed by atoms with Crippen LogP contribution in [-0.2, 0) is 32.7 Å². The molecule has 11 heteroatoms. The molecule has 47 heavy (non-hydrogen) atoms. The van der Waals surface area contributed by atoms with Crippen molar-refractivity contribution >= 4 is 19.8 Å². The molecular weight excluding hydrogens is 623 g/mol. The monoisotopic (exact) mass is 690 g/mol. The minimum absolute atomic E-state index is 0.224. The predicted octanol–water partition coefficient (Wildman–Crippen LogP) is 8.66. The van der Waals surface area contributed by atoms with Gasteiger partial charge in [0.2, 0.25) is 0 Å². The summed E-state index contributed by atoms with van der Waals surface area (Å²) in [6, 6.07) is 0. The van der Waals surface area contributed by atoms with Crippen molar-refractivity contribution in [2.75, 3.05) is 26.4 Å². The zero-order chi connectivity index (χ0) is 34.9. The summed E-state index contributed by atoms with van der Waals surface area (Å²) < 4.78 is 32.3.